The first-order valence-electron chi connectivity index (χ1n) is 5.20. The third-order valence-corrected chi connectivity index (χ3v) is 3.42. The summed E-state index contributed by atoms with van der Waals surface area (Å²) < 4.78 is 62.3. The second-order valence-electron chi connectivity index (χ2n) is 4.02. The van der Waals surface area contributed by atoms with Gasteiger partial charge in [-0.1, -0.05) is 19.4 Å². The number of aliphatic hydroxyl groups is 1. The molecule has 116 valence electrons. The Balaban J connectivity index is 3.05. The zero-order chi connectivity index (χ0) is 16.5. The topological polar surface area (TPSA) is 73.1 Å². The van der Waals surface area contributed by atoms with Crippen LogP contribution in [0, 0.1) is 11.3 Å². The molecule has 4 nitrogen and oxygen atoms in total. The van der Waals surface area contributed by atoms with Gasteiger partial charge in [-0.2, -0.15) is 5.26 Å². The highest BCUT2D eigenvalue weighted by Crippen LogP contribution is 3.02. The number of hydrogen-bond acceptors (Lipinski definition) is 3. The van der Waals surface area contributed by atoms with Gasteiger partial charge in [0.2, 0.25) is 0 Å². The maximum Gasteiger partial charge on any atom is 0.310 e. The SMILES string of the molecule is C/C(O)=C(\C#N)C(=O)Nc1ccc(S(F)(F)(F)(F)F)cc1. The first-order chi connectivity index (χ1) is 9.24. The number of carbonyl (C=O) groups excluding carboxylic acids is 1. The van der Waals surface area contributed by atoms with Gasteiger partial charge in [-0.15, -0.1) is 0 Å². The Bertz CT molecular complexity index is 655. The third kappa shape index (κ3) is 4.35. The van der Waals surface area contributed by atoms with Gasteiger partial charge in [0.25, 0.3) is 5.91 Å². The summed E-state index contributed by atoms with van der Waals surface area (Å²) >= 11 is 0. The van der Waals surface area contributed by atoms with Gasteiger partial charge in [-0.05, 0) is 31.2 Å². The number of anilines is 1. The Kier molecular flexibility index (Phi) is 3.48. The van der Waals surface area contributed by atoms with E-state index in [1.54, 1.807) is 0 Å². The summed E-state index contributed by atoms with van der Waals surface area (Å²) in [5, 5.41) is 19.6. The lowest BCUT2D eigenvalue weighted by Crippen LogP contribution is -2.15. The van der Waals surface area contributed by atoms with Crippen molar-refractivity contribution < 1.29 is 29.3 Å². The van der Waals surface area contributed by atoms with Gasteiger partial charge in [-0.3, -0.25) is 4.79 Å². The molecule has 0 bridgehead atoms. The van der Waals surface area contributed by atoms with Gasteiger partial charge in [-0.25, -0.2) is 0 Å². The van der Waals surface area contributed by atoms with E-state index in [0.717, 1.165) is 6.92 Å². The molecule has 0 atom stereocenters. The molecule has 21 heavy (non-hydrogen) atoms. The van der Waals surface area contributed by atoms with Crippen LogP contribution in [-0.2, 0) is 4.79 Å². The minimum Gasteiger partial charge on any atom is -0.511 e. The van der Waals surface area contributed by atoms with Crippen molar-refractivity contribution >= 4 is 21.8 Å². The largest absolute Gasteiger partial charge is 0.511 e. The Labute approximate surface area is 116 Å². The first kappa shape index (κ1) is 16.8. The number of rotatable bonds is 3. The van der Waals surface area contributed by atoms with Crippen molar-refractivity contribution in [1.29, 1.82) is 5.26 Å². The molecule has 0 radical (unpaired) electrons. The molecule has 2 N–H and O–H groups in total. The van der Waals surface area contributed by atoms with E-state index in [0.29, 0.717) is 12.1 Å². The van der Waals surface area contributed by atoms with Crippen LogP contribution in [0.3, 0.4) is 0 Å². The quantitative estimate of drug-likeness (QED) is 0.367. The molecule has 0 aliphatic heterocycles. The molecule has 0 fully saturated rings. The maximum absolute atomic E-state index is 12.5. The average molecular weight is 328 g/mol. The molecule has 0 spiro atoms. The van der Waals surface area contributed by atoms with Crippen LogP contribution in [0.1, 0.15) is 6.92 Å². The Morgan fingerprint density at radius 3 is 2.00 bits per heavy atom. The van der Waals surface area contributed by atoms with E-state index in [1.165, 1.54) is 6.07 Å². The van der Waals surface area contributed by atoms with Gasteiger partial charge in [0, 0.05) is 5.69 Å². The van der Waals surface area contributed by atoms with E-state index >= 15 is 0 Å². The van der Waals surface area contributed by atoms with E-state index in [2.05, 4.69) is 0 Å². The molecular weight excluding hydrogens is 319 g/mol. The standard InChI is InChI=1S/C11H9F5N2O2S/c1-7(19)10(6-17)11(20)18-8-2-4-9(5-3-8)21(12,13,14,15)16/h2-5,19H,1H3,(H,18,20)/b10-7-. The van der Waals surface area contributed by atoms with Crippen LogP contribution in [-0.4, -0.2) is 11.0 Å². The number of nitriles is 1. The Morgan fingerprint density at radius 2 is 1.67 bits per heavy atom. The number of amides is 1. The van der Waals surface area contributed by atoms with E-state index in [1.807, 2.05) is 5.32 Å². The molecule has 0 unspecified atom stereocenters. The van der Waals surface area contributed by atoms with Crippen molar-refractivity contribution in [3.63, 3.8) is 0 Å². The monoisotopic (exact) mass is 328 g/mol. The van der Waals surface area contributed by atoms with Crippen molar-refractivity contribution in [2.24, 2.45) is 0 Å². The zero-order valence-electron chi connectivity index (χ0n) is 10.4. The Hall–Kier alpha value is -2.28. The highest BCUT2D eigenvalue weighted by atomic mass is 32.5. The number of nitrogens with zero attached hydrogens (tertiary/aromatic N) is 1. The fraction of sp³-hybridized carbons (Fsp3) is 0.0909. The maximum atomic E-state index is 12.5. The molecule has 0 heterocycles. The summed E-state index contributed by atoms with van der Waals surface area (Å²) in [5.74, 6) is -1.66. The lowest BCUT2D eigenvalue weighted by Gasteiger charge is -2.40. The second kappa shape index (κ2) is 4.36. The molecule has 0 aliphatic carbocycles. The number of hydrogen-bond donors (Lipinski definition) is 2. The normalized spacial score (nSPS) is 16.0. The van der Waals surface area contributed by atoms with Crippen LogP contribution in [0.4, 0.5) is 25.1 Å². The molecule has 0 saturated heterocycles. The van der Waals surface area contributed by atoms with Crippen LogP contribution in [0.2, 0.25) is 0 Å². The van der Waals surface area contributed by atoms with Gasteiger partial charge >= 0.3 is 10.2 Å². The number of carbonyl (C=O) groups is 1. The van der Waals surface area contributed by atoms with Crippen molar-refractivity contribution in [1.82, 2.24) is 0 Å². The van der Waals surface area contributed by atoms with Crippen molar-refractivity contribution in [3.8, 4) is 6.07 Å². The number of benzene rings is 1. The third-order valence-electron chi connectivity index (χ3n) is 2.26. The molecule has 0 aromatic heterocycles. The summed E-state index contributed by atoms with van der Waals surface area (Å²) in [5.41, 5.74) is -0.883. The van der Waals surface area contributed by atoms with Crippen molar-refractivity contribution in [3.05, 3.63) is 35.6 Å². The minimum absolute atomic E-state index is 0.124. The number of allylic oxidation sites excluding steroid dienone is 1. The summed E-state index contributed by atoms with van der Waals surface area (Å²) in [6, 6.07) is 2.88. The predicted octanol–water partition coefficient (Wildman–Crippen LogP) is 4.64. The zero-order valence-corrected chi connectivity index (χ0v) is 11.2. The minimum atomic E-state index is -9.76. The summed E-state index contributed by atoms with van der Waals surface area (Å²) in [7, 11) is -9.76. The molecule has 1 aromatic carbocycles. The van der Waals surface area contributed by atoms with Gasteiger partial charge in [0.1, 0.15) is 16.7 Å². The first-order valence-corrected chi connectivity index (χ1v) is 7.15. The van der Waals surface area contributed by atoms with Gasteiger partial charge in [0.15, 0.2) is 5.57 Å². The summed E-state index contributed by atoms with van der Waals surface area (Å²) in [4.78, 5) is 9.38. The van der Waals surface area contributed by atoms with Crippen molar-refractivity contribution in [2.45, 2.75) is 11.8 Å². The molecule has 1 aromatic rings. The molecule has 0 aliphatic rings. The van der Waals surface area contributed by atoms with Crippen LogP contribution in [0.25, 0.3) is 0 Å². The number of aliphatic hydroxyl groups excluding tert-OH is 1. The highest BCUT2D eigenvalue weighted by molar-refractivity contribution is 8.45. The molecular formula is C11H9F5N2O2S. The predicted molar refractivity (Wildman–Crippen MR) is 67.4 cm³/mol. The smallest absolute Gasteiger partial charge is 0.310 e. The van der Waals surface area contributed by atoms with Gasteiger partial charge < -0.3 is 10.4 Å². The fourth-order valence-corrected chi connectivity index (χ4v) is 1.94. The van der Waals surface area contributed by atoms with Crippen LogP contribution in [0.15, 0.2) is 40.5 Å². The molecule has 1 rings (SSSR count). The van der Waals surface area contributed by atoms with Crippen LogP contribution < -0.4 is 5.32 Å². The van der Waals surface area contributed by atoms with Gasteiger partial charge in [0.05, 0.1) is 0 Å². The Morgan fingerprint density at radius 1 is 1.19 bits per heavy atom. The van der Waals surface area contributed by atoms with E-state index < -0.39 is 32.4 Å². The van der Waals surface area contributed by atoms with E-state index in [-0.39, 0.29) is 17.8 Å². The number of nitrogens with one attached hydrogen (secondary N) is 1. The highest BCUT2D eigenvalue weighted by Gasteiger charge is 2.65. The number of halogens is 5. The van der Waals surface area contributed by atoms with Crippen LogP contribution in [0.5, 0.6) is 0 Å². The lowest BCUT2D eigenvalue weighted by atomic mass is 10.2. The second-order valence-corrected chi connectivity index (χ2v) is 6.43. The average Bonchev–Trinajstić information content (AvgIpc) is 2.26. The van der Waals surface area contributed by atoms with Crippen molar-refractivity contribution in [2.75, 3.05) is 5.32 Å². The molecule has 10 heteroatoms. The summed E-state index contributed by atoms with van der Waals surface area (Å²) in [6.07, 6.45) is 0. The van der Waals surface area contributed by atoms with E-state index in [4.69, 9.17) is 10.4 Å². The summed E-state index contributed by atoms with van der Waals surface area (Å²) in [6.45, 7) is 1.06. The van der Waals surface area contributed by atoms with E-state index in [9.17, 15) is 24.2 Å². The fourth-order valence-electron chi connectivity index (χ4n) is 1.29. The molecule has 1 amide bonds. The molecule has 0 saturated carbocycles. The lowest BCUT2D eigenvalue weighted by molar-refractivity contribution is -0.112. The van der Waals surface area contributed by atoms with Crippen LogP contribution >= 0.6 is 10.2 Å².